The summed E-state index contributed by atoms with van der Waals surface area (Å²) in [6.07, 6.45) is 76.7. The first-order chi connectivity index (χ1) is 32.5. The van der Waals surface area contributed by atoms with Crippen LogP contribution in [0.5, 0.6) is 0 Å². The highest BCUT2D eigenvalue weighted by atomic mass is 16.6. The summed E-state index contributed by atoms with van der Waals surface area (Å²) >= 11 is 0. The van der Waals surface area contributed by atoms with E-state index in [-0.39, 0.29) is 44.0 Å². The maximum absolute atomic E-state index is 12.8. The Morgan fingerprint density at radius 3 is 1.12 bits per heavy atom. The molecule has 0 aliphatic carbocycles. The average Bonchev–Trinajstić information content (AvgIpc) is 3.31. The summed E-state index contributed by atoms with van der Waals surface area (Å²) in [5.74, 6) is -1.09. The van der Waals surface area contributed by atoms with Crippen LogP contribution in [-0.4, -0.2) is 37.2 Å². The molecular formula is C60H90O6. The third kappa shape index (κ3) is 50.0. The Hall–Kier alpha value is -4.97. The van der Waals surface area contributed by atoms with Crippen LogP contribution in [0.25, 0.3) is 0 Å². The number of unbranched alkanes of at least 4 members (excludes halogenated alkanes) is 8. The second-order valence-electron chi connectivity index (χ2n) is 16.0. The van der Waals surface area contributed by atoms with Crippen LogP contribution in [-0.2, 0) is 28.6 Å². The number of allylic oxidation sites excluding steroid dienone is 26. The van der Waals surface area contributed by atoms with Crippen LogP contribution in [0.1, 0.15) is 181 Å². The van der Waals surface area contributed by atoms with E-state index in [1.54, 1.807) is 0 Å². The smallest absolute Gasteiger partial charge is 0.306 e. The van der Waals surface area contributed by atoms with Crippen molar-refractivity contribution in [3.05, 3.63) is 158 Å². The van der Waals surface area contributed by atoms with E-state index in [2.05, 4.69) is 161 Å². The zero-order valence-corrected chi connectivity index (χ0v) is 41.6. The Bertz CT molecular complexity index is 1560. The summed E-state index contributed by atoms with van der Waals surface area (Å²) in [5.41, 5.74) is 0. The monoisotopic (exact) mass is 907 g/mol. The quantitative estimate of drug-likeness (QED) is 0.0199. The van der Waals surface area contributed by atoms with E-state index in [1.807, 2.05) is 18.2 Å². The standard InChI is InChI=1S/C60H90O6/c1-4-7-10-13-16-19-22-25-27-29-30-31-33-35-38-41-44-47-50-53-59(62)65-56-57(55-64-58(61)52-49-46-43-40-37-34-24-21-18-15-12-9-6-3)66-60(63)54-51-48-45-42-39-36-32-28-26-23-20-17-14-11-8-5-2/h7-12,15-21,24-28,30-31,35-36,38-39,44,47,57H,4-6,13-14,22-23,29,32-34,37,40-43,45-46,48-56H2,1-3H3/b10-7+,11-8+,12-9+,18-15+,19-16+,20-17+,24-21+,27-25+,28-26+,31-30+,38-35+,39-36+,47-44+. The Balaban J connectivity index is 4.62. The lowest BCUT2D eigenvalue weighted by Gasteiger charge is -2.18. The van der Waals surface area contributed by atoms with Gasteiger partial charge in [-0.05, 0) is 116 Å². The van der Waals surface area contributed by atoms with Crippen molar-refractivity contribution < 1.29 is 28.6 Å². The maximum atomic E-state index is 12.8. The molecule has 6 nitrogen and oxygen atoms in total. The molecule has 0 saturated carbocycles. The zero-order valence-electron chi connectivity index (χ0n) is 41.6. The predicted octanol–water partition coefficient (Wildman–Crippen LogP) is 17.0. The summed E-state index contributed by atoms with van der Waals surface area (Å²) in [6.45, 7) is 6.13. The molecule has 0 radical (unpaired) electrons. The number of carbonyl (C=O) groups excluding carboxylic acids is 3. The molecule has 0 aliphatic heterocycles. The van der Waals surface area contributed by atoms with Gasteiger partial charge >= 0.3 is 17.9 Å². The Kier molecular flexibility index (Phi) is 48.7. The molecule has 0 aromatic heterocycles. The molecule has 0 spiro atoms. The van der Waals surface area contributed by atoms with Gasteiger partial charge in [-0.3, -0.25) is 14.4 Å². The second-order valence-corrected chi connectivity index (χ2v) is 16.0. The van der Waals surface area contributed by atoms with Crippen molar-refractivity contribution in [3.63, 3.8) is 0 Å². The molecule has 0 fully saturated rings. The molecule has 0 aromatic carbocycles. The van der Waals surface area contributed by atoms with Crippen molar-refractivity contribution in [1.82, 2.24) is 0 Å². The fourth-order valence-corrected chi connectivity index (χ4v) is 6.10. The summed E-state index contributed by atoms with van der Waals surface area (Å²) in [6, 6.07) is 0. The van der Waals surface area contributed by atoms with Crippen LogP contribution in [0.3, 0.4) is 0 Å². The number of hydrogen-bond donors (Lipinski definition) is 0. The largest absolute Gasteiger partial charge is 0.462 e. The van der Waals surface area contributed by atoms with E-state index in [4.69, 9.17) is 14.2 Å². The first kappa shape index (κ1) is 61.0. The molecule has 1 unspecified atom stereocenters. The summed E-state index contributed by atoms with van der Waals surface area (Å²) < 4.78 is 16.7. The minimum absolute atomic E-state index is 0.133. The van der Waals surface area contributed by atoms with E-state index in [1.165, 1.54) is 0 Å². The zero-order chi connectivity index (χ0) is 47.9. The van der Waals surface area contributed by atoms with Gasteiger partial charge in [0, 0.05) is 19.3 Å². The van der Waals surface area contributed by atoms with E-state index < -0.39 is 6.10 Å². The van der Waals surface area contributed by atoms with Crippen LogP contribution in [0.15, 0.2) is 158 Å². The number of ether oxygens (including phenoxy) is 3. The normalized spacial score (nSPS) is 13.4. The van der Waals surface area contributed by atoms with Gasteiger partial charge in [0.15, 0.2) is 6.10 Å². The molecule has 0 heterocycles. The van der Waals surface area contributed by atoms with Crippen LogP contribution in [0, 0.1) is 0 Å². The minimum Gasteiger partial charge on any atom is -0.462 e. The van der Waals surface area contributed by atoms with Gasteiger partial charge < -0.3 is 14.2 Å². The van der Waals surface area contributed by atoms with Gasteiger partial charge in [-0.2, -0.15) is 0 Å². The van der Waals surface area contributed by atoms with E-state index >= 15 is 0 Å². The molecule has 0 aromatic rings. The minimum atomic E-state index is -0.841. The molecule has 0 aliphatic rings. The fraction of sp³-hybridized carbons (Fsp3) is 0.517. The second kappa shape index (κ2) is 52.7. The van der Waals surface area contributed by atoms with Crippen molar-refractivity contribution in [1.29, 1.82) is 0 Å². The lowest BCUT2D eigenvalue weighted by atomic mass is 10.1. The average molecular weight is 907 g/mol. The van der Waals surface area contributed by atoms with Gasteiger partial charge in [0.05, 0.1) is 0 Å². The predicted molar refractivity (Wildman–Crippen MR) is 283 cm³/mol. The lowest BCUT2D eigenvalue weighted by molar-refractivity contribution is -0.166. The van der Waals surface area contributed by atoms with Gasteiger partial charge in [-0.1, -0.05) is 204 Å². The highest BCUT2D eigenvalue weighted by Gasteiger charge is 2.19. The van der Waals surface area contributed by atoms with Gasteiger partial charge in [-0.25, -0.2) is 0 Å². The molecule has 0 N–H and O–H groups in total. The number of carbonyl (C=O) groups is 3. The first-order valence-corrected chi connectivity index (χ1v) is 25.5. The highest BCUT2D eigenvalue weighted by molar-refractivity contribution is 5.71. The number of esters is 3. The third-order valence-electron chi connectivity index (χ3n) is 9.83. The molecule has 6 heteroatoms. The molecule has 1 atom stereocenters. The molecule has 366 valence electrons. The van der Waals surface area contributed by atoms with Crippen molar-refractivity contribution in [2.24, 2.45) is 0 Å². The molecule has 0 saturated heterocycles. The lowest BCUT2D eigenvalue weighted by Crippen LogP contribution is -2.30. The Morgan fingerprint density at radius 2 is 0.652 bits per heavy atom. The van der Waals surface area contributed by atoms with E-state index in [9.17, 15) is 14.4 Å². The number of hydrogen-bond acceptors (Lipinski definition) is 6. The molecule has 0 bridgehead atoms. The molecule has 0 rings (SSSR count). The third-order valence-corrected chi connectivity index (χ3v) is 9.83. The summed E-state index contributed by atoms with van der Waals surface area (Å²) in [7, 11) is 0. The SMILES string of the molecule is CC/C=C/C=C/C=C/CCCCCCCC(=O)OCC(COC(=O)CC/C=C/C/C=C/C/C=C/C/C=C/C/C=C/C/C=C/CC)OC(=O)CCCCC/C=C/C/C=C/C/C=C/C/C=C/CC. The molecule has 66 heavy (non-hydrogen) atoms. The Labute approximate surface area is 403 Å². The highest BCUT2D eigenvalue weighted by Crippen LogP contribution is 2.11. The van der Waals surface area contributed by atoms with Crippen molar-refractivity contribution in [2.45, 2.75) is 187 Å². The first-order valence-electron chi connectivity index (χ1n) is 25.5. The van der Waals surface area contributed by atoms with Crippen LogP contribution >= 0.6 is 0 Å². The van der Waals surface area contributed by atoms with Gasteiger partial charge in [-0.15, -0.1) is 0 Å². The van der Waals surface area contributed by atoms with Crippen LogP contribution < -0.4 is 0 Å². The van der Waals surface area contributed by atoms with Gasteiger partial charge in [0.1, 0.15) is 13.2 Å². The van der Waals surface area contributed by atoms with E-state index in [0.717, 1.165) is 128 Å². The summed E-state index contributed by atoms with van der Waals surface area (Å²) in [4.78, 5) is 38.0. The summed E-state index contributed by atoms with van der Waals surface area (Å²) in [5, 5.41) is 0. The Morgan fingerprint density at radius 1 is 0.318 bits per heavy atom. The van der Waals surface area contributed by atoms with E-state index in [0.29, 0.717) is 19.3 Å². The van der Waals surface area contributed by atoms with Crippen molar-refractivity contribution in [3.8, 4) is 0 Å². The topological polar surface area (TPSA) is 78.9 Å². The molecular weight excluding hydrogens is 817 g/mol. The van der Waals surface area contributed by atoms with Crippen molar-refractivity contribution >= 4 is 17.9 Å². The number of rotatable bonds is 43. The van der Waals surface area contributed by atoms with Gasteiger partial charge in [0.25, 0.3) is 0 Å². The molecule has 0 amide bonds. The van der Waals surface area contributed by atoms with Crippen molar-refractivity contribution in [2.75, 3.05) is 13.2 Å². The maximum Gasteiger partial charge on any atom is 0.306 e. The van der Waals surface area contributed by atoms with Crippen LogP contribution in [0.4, 0.5) is 0 Å². The van der Waals surface area contributed by atoms with Crippen LogP contribution in [0.2, 0.25) is 0 Å². The van der Waals surface area contributed by atoms with Gasteiger partial charge in [0.2, 0.25) is 0 Å². The fourth-order valence-electron chi connectivity index (χ4n) is 6.10.